The topological polar surface area (TPSA) is 67.2 Å². The predicted octanol–water partition coefficient (Wildman–Crippen LogP) is 7.95. The number of carbonyl (C=O) groups excluding carboxylic acids is 1. The van der Waals surface area contributed by atoms with Gasteiger partial charge in [0, 0.05) is 16.7 Å². The largest absolute Gasteiger partial charge is 0.322 e. The van der Waals surface area contributed by atoms with Crippen LogP contribution in [0, 0.1) is 13.8 Å². The third-order valence-corrected chi connectivity index (χ3v) is 7.69. The number of nitrogens with zero attached hydrogens (tertiary/aromatic N) is 3. The lowest BCUT2D eigenvalue weighted by Crippen LogP contribution is -2.40. The molecule has 0 fully saturated rings. The zero-order valence-electron chi connectivity index (χ0n) is 22.8. The van der Waals surface area contributed by atoms with Crippen LogP contribution in [0.4, 0.5) is 10.5 Å². The first-order chi connectivity index (χ1) is 19.4. The Hall–Kier alpha value is -4.23. The second kappa shape index (κ2) is 11.9. The van der Waals surface area contributed by atoms with Crippen LogP contribution in [-0.2, 0) is 6.54 Å². The van der Waals surface area contributed by atoms with Gasteiger partial charge in [0.05, 0.1) is 22.6 Å². The van der Waals surface area contributed by atoms with E-state index in [9.17, 15) is 9.59 Å². The molecule has 5 aromatic rings. The fourth-order valence-electron chi connectivity index (χ4n) is 4.86. The lowest BCUT2D eigenvalue weighted by Gasteiger charge is -2.32. The van der Waals surface area contributed by atoms with E-state index in [0.29, 0.717) is 35.4 Å². The van der Waals surface area contributed by atoms with E-state index in [-0.39, 0.29) is 11.6 Å². The van der Waals surface area contributed by atoms with Crippen molar-refractivity contribution < 1.29 is 4.79 Å². The molecule has 0 bridgehead atoms. The molecule has 1 aromatic heterocycles. The number of nitrogens with one attached hydrogen (secondary N) is 1. The number of halogens is 1. The maximum atomic E-state index is 14.0. The van der Waals surface area contributed by atoms with Crippen molar-refractivity contribution >= 4 is 38.6 Å². The minimum atomic E-state index is -0.491. The summed E-state index contributed by atoms with van der Waals surface area (Å²) in [4.78, 5) is 34.8. The van der Waals surface area contributed by atoms with Crippen molar-refractivity contribution in [3.05, 3.63) is 134 Å². The molecule has 1 N–H and O–H groups in total. The summed E-state index contributed by atoms with van der Waals surface area (Å²) in [7, 11) is 0. The van der Waals surface area contributed by atoms with Crippen molar-refractivity contribution in [1.82, 2.24) is 14.5 Å². The molecule has 7 heteroatoms. The monoisotopic (exact) mass is 594 g/mol. The molecule has 4 aromatic carbocycles. The van der Waals surface area contributed by atoms with E-state index in [4.69, 9.17) is 4.98 Å². The van der Waals surface area contributed by atoms with Gasteiger partial charge in [-0.3, -0.25) is 9.36 Å². The second-order valence-corrected chi connectivity index (χ2v) is 10.8. The van der Waals surface area contributed by atoms with Crippen molar-refractivity contribution in [2.45, 2.75) is 39.8 Å². The average Bonchev–Trinajstić information content (AvgIpc) is 2.96. The molecule has 0 aliphatic rings. The summed E-state index contributed by atoms with van der Waals surface area (Å²) in [5.41, 5.74) is 5.05. The van der Waals surface area contributed by atoms with Gasteiger partial charge < -0.3 is 10.2 Å². The highest BCUT2D eigenvalue weighted by Gasteiger charge is 2.29. The first kappa shape index (κ1) is 27.3. The number of carbonyl (C=O) groups is 1. The Balaban J connectivity index is 1.68. The summed E-state index contributed by atoms with van der Waals surface area (Å²) >= 11 is 3.45. The number of hydrogen-bond acceptors (Lipinski definition) is 3. The number of urea groups is 1. The molecule has 40 heavy (non-hydrogen) atoms. The zero-order chi connectivity index (χ0) is 28.2. The summed E-state index contributed by atoms with van der Waals surface area (Å²) in [5, 5.41) is 3.59. The first-order valence-electron chi connectivity index (χ1n) is 13.3. The number of anilines is 1. The fraction of sp³-hybridized carbons (Fsp3) is 0.182. The third kappa shape index (κ3) is 5.70. The van der Waals surface area contributed by atoms with Gasteiger partial charge in [-0.2, -0.15) is 0 Å². The van der Waals surface area contributed by atoms with E-state index in [1.165, 1.54) is 0 Å². The van der Waals surface area contributed by atoms with Crippen LogP contribution < -0.4 is 10.9 Å². The van der Waals surface area contributed by atoms with Gasteiger partial charge in [0.1, 0.15) is 5.82 Å². The average molecular weight is 596 g/mol. The summed E-state index contributed by atoms with van der Waals surface area (Å²) in [5.74, 6) is 0.524. The summed E-state index contributed by atoms with van der Waals surface area (Å²) in [6, 6.07) is 29.9. The number of hydrogen-bond donors (Lipinski definition) is 1. The molecule has 1 heterocycles. The van der Waals surface area contributed by atoms with Crippen molar-refractivity contribution in [3.8, 4) is 5.69 Å². The summed E-state index contributed by atoms with van der Waals surface area (Å²) in [6.07, 6.45) is 0.552. The van der Waals surface area contributed by atoms with Crippen LogP contribution in [0.2, 0.25) is 0 Å². The number of amides is 2. The zero-order valence-corrected chi connectivity index (χ0v) is 24.4. The van der Waals surface area contributed by atoms with Crippen molar-refractivity contribution in [3.63, 3.8) is 0 Å². The summed E-state index contributed by atoms with van der Waals surface area (Å²) < 4.78 is 2.60. The maximum absolute atomic E-state index is 14.0. The van der Waals surface area contributed by atoms with Gasteiger partial charge in [0.15, 0.2) is 0 Å². The number of benzene rings is 4. The molecule has 1 unspecified atom stereocenters. The highest BCUT2D eigenvalue weighted by molar-refractivity contribution is 9.10. The van der Waals surface area contributed by atoms with Crippen molar-refractivity contribution in [2.75, 3.05) is 5.32 Å². The molecule has 2 amide bonds. The fourth-order valence-corrected chi connectivity index (χ4v) is 5.13. The third-order valence-electron chi connectivity index (χ3n) is 7.16. The van der Waals surface area contributed by atoms with Gasteiger partial charge in [-0.1, -0.05) is 71.4 Å². The Labute approximate surface area is 242 Å². The summed E-state index contributed by atoms with van der Waals surface area (Å²) in [6.45, 7) is 6.44. The van der Waals surface area contributed by atoms with Crippen molar-refractivity contribution in [1.29, 1.82) is 0 Å². The lowest BCUT2D eigenvalue weighted by molar-refractivity contribution is 0.177. The molecule has 0 saturated heterocycles. The minimum absolute atomic E-state index is 0.157. The van der Waals surface area contributed by atoms with Crippen LogP contribution in [-0.4, -0.2) is 20.5 Å². The van der Waals surface area contributed by atoms with Gasteiger partial charge in [-0.05, 0) is 85.5 Å². The lowest BCUT2D eigenvalue weighted by atomic mass is 10.1. The maximum Gasteiger partial charge on any atom is 0.322 e. The first-order valence-corrected chi connectivity index (χ1v) is 14.1. The Kier molecular flexibility index (Phi) is 8.12. The van der Waals surface area contributed by atoms with E-state index >= 15 is 0 Å². The van der Waals surface area contributed by atoms with E-state index in [1.807, 2.05) is 112 Å². The number of aromatic nitrogens is 2. The molecule has 5 rings (SSSR count). The smallest absolute Gasteiger partial charge is 0.310 e. The molecular weight excluding hydrogens is 564 g/mol. The molecule has 1 atom stereocenters. The number of rotatable bonds is 7. The number of fused-ring (bicyclic) bond motifs is 1. The molecule has 0 radical (unpaired) electrons. The standard InChI is InChI=1S/C33H31BrN4O2/c1-4-30(37(21-24-10-6-5-7-11-24)33(40)35-26-17-15-25(34)16-18-26)31-36-29-13-9-8-12-28(29)32(39)38(31)27-19-14-22(2)23(3)20-27/h5-20,30H,4,21H2,1-3H3,(H,35,40). The molecule has 202 valence electrons. The normalized spacial score (nSPS) is 11.8. The van der Waals surface area contributed by atoms with Gasteiger partial charge in [0.2, 0.25) is 0 Å². The van der Waals surface area contributed by atoms with Gasteiger partial charge in [-0.15, -0.1) is 0 Å². The SMILES string of the molecule is CCC(c1nc2ccccc2c(=O)n1-c1ccc(C)c(C)c1)N(Cc1ccccc1)C(=O)Nc1ccc(Br)cc1. The van der Waals surface area contributed by atoms with Gasteiger partial charge >= 0.3 is 6.03 Å². The van der Waals surface area contributed by atoms with Crippen LogP contribution in [0.25, 0.3) is 16.6 Å². The highest BCUT2D eigenvalue weighted by Crippen LogP contribution is 2.29. The molecule has 0 aliphatic heterocycles. The Morgan fingerprint density at radius 2 is 1.62 bits per heavy atom. The molecule has 0 spiro atoms. The van der Waals surface area contributed by atoms with Crippen LogP contribution in [0.1, 0.15) is 41.9 Å². The quantitative estimate of drug-likeness (QED) is 0.208. The van der Waals surface area contributed by atoms with Crippen LogP contribution in [0.5, 0.6) is 0 Å². The molecule has 6 nitrogen and oxygen atoms in total. The Bertz CT molecular complexity index is 1720. The van der Waals surface area contributed by atoms with Gasteiger partial charge in [0.25, 0.3) is 5.56 Å². The molecule has 0 saturated carbocycles. The van der Waals surface area contributed by atoms with Crippen LogP contribution in [0.15, 0.2) is 106 Å². The number of aryl methyl sites for hydroxylation is 2. The van der Waals surface area contributed by atoms with E-state index in [1.54, 1.807) is 15.5 Å². The van der Waals surface area contributed by atoms with E-state index in [0.717, 1.165) is 26.9 Å². The Morgan fingerprint density at radius 3 is 2.33 bits per heavy atom. The Morgan fingerprint density at radius 1 is 0.925 bits per heavy atom. The molecule has 0 aliphatic carbocycles. The second-order valence-electron chi connectivity index (χ2n) is 9.87. The van der Waals surface area contributed by atoms with E-state index in [2.05, 4.69) is 21.2 Å². The van der Waals surface area contributed by atoms with Gasteiger partial charge in [-0.25, -0.2) is 9.78 Å². The highest BCUT2D eigenvalue weighted by atomic mass is 79.9. The van der Waals surface area contributed by atoms with Crippen LogP contribution in [0.3, 0.4) is 0 Å². The van der Waals surface area contributed by atoms with Crippen molar-refractivity contribution in [2.24, 2.45) is 0 Å². The predicted molar refractivity (Wildman–Crippen MR) is 165 cm³/mol. The number of para-hydroxylation sites is 1. The molecular formula is C33H31BrN4O2. The minimum Gasteiger partial charge on any atom is -0.310 e. The van der Waals surface area contributed by atoms with E-state index < -0.39 is 6.04 Å². The van der Waals surface area contributed by atoms with Crippen LogP contribution >= 0.6 is 15.9 Å².